The highest BCUT2D eigenvalue weighted by molar-refractivity contribution is 5.93. The number of hydrogen-bond acceptors (Lipinski definition) is 3. The number of pyridine rings is 1. The van der Waals surface area contributed by atoms with Crippen LogP contribution in [0.1, 0.15) is 25.0 Å². The normalized spacial score (nSPS) is 16.4. The molecule has 0 radical (unpaired) electrons. The van der Waals surface area contributed by atoms with Gasteiger partial charge in [0.1, 0.15) is 17.3 Å². The molecule has 4 heteroatoms. The Hall–Kier alpha value is -1.58. The zero-order chi connectivity index (χ0) is 10.7. The quantitative estimate of drug-likeness (QED) is 0.564. The van der Waals surface area contributed by atoms with Gasteiger partial charge < -0.3 is 10.6 Å². The lowest BCUT2D eigenvalue weighted by Gasteiger charge is -2.27. The van der Waals surface area contributed by atoms with E-state index in [-0.39, 0.29) is 5.84 Å². The molecule has 0 amide bonds. The second-order valence-corrected chi connectivity index (χ2v) is 3.84. The summed E-state index contributed by atoms with van der Waals surface area (Å²) in [5, 5.41) is 7.34. The van der Waals surface area contributed by atoms with Crippen molar-refractivity contribution in [3.05, 3.63) is 23.9 Å². The van der Waals surface area contributed by atoms with Crippen molar-refractivity contribution in [1.29, 1.82) is 5.41 Å². The van der Waals surface area contributed by atoms with Crippen LogP contribution in [0.3, 0.4) is 0 Å². The third-order valence-corrected chi connectivity index (χ3v) is 2.69. The molecule has 1 fully saturated rings. The van der Waals surface area contributed by atoms with Gasteiger partial charge in [0.15, 0.2) is 0 Å². The molecule has 1 aliphatic heterocycles. The number of aromatic nitrogens is 1. The van der Waals surface area contributed by atoms with Crippen molar-refractivity contribution < 1.29 is 0 Å². The Kier molecular flexibility index (Phi) is 2.85. The third kappa shape index (κ3) is 2.26. The third-order valence-electron chi connectivity index (χ3n) is 2.69. The standard InChI is InChI=1S/C11H16N4/c12-11(13)9-5-4-6-10(14-9)15-7-2-1-3-8-15/h4-6H,1-3,7-8H2,(H3,12,13). The van der Waals surface area contributed by atoms with Crippen LogP contribution in [0.2, 0.25) is 0 Å². The van der Waals surface area contributed by atoms with Gasteiger partial charge in [0.25, 0.3) is 0 Å². The topological polar surface area (TPSA) is 66.0 Å². The maximum absolute atomic E-state index is 7.34. The summed E-state index contributed by atoms with van der Waals surface area (Å²) in [7, 11) is 0. The zero-order valence-electron chi connectivity index (χ0n) is 8.74. The number of rotatable bonds is 2. The van der Waals surface area contributed by atoms with Gasteiger partial charge in [-0.25, -0.2) is 4.98 Å². The molecule has 4 nitrogen and oxygen atoms in total. The van der Waals surface area contributed by atoms with Gasteiger partial charge in [-0.1, -0.05) is 6.07 Å². The predicted octanol–water partition coefficient (Wildman–Crippen LogP) is 1.36. The molecule has 0 spiro atoms. The SMILES string of the molecule is N=C(N)c1cccc(N2CCCCC2)n1. The summed E-state index contributed by atoms with van der Waals surface area (Å²) in [6, 6.07) is 5.67. The number of nitrogens with one attached hydrogen (secondary N) is 1. The zero-order valence-corrected chi connectivity index (χ0v) is 8.74. The van der Waals surface area contributed by atoms with Crippen molar-refractivity contribution >= 4 is 11.7 Å². The molecular weight excluding hydrogens is 188 g/mol. The molecule has 0 atom stereocenters. The van der Waals surface area contributed by atoms with Crippen LogP contribution in [0.15, 0.2) is 18.2 Å². The first kappa shape index (κ1) is 9.96. The highest BCUT2D eigenvalue weighted by Crippen LogP contribution is 2.17. The number of anilines is 1. The minimum atomic E-state index is 0.0360. The summed E-state index contributed by atoms with van der Waals surface area (Å²) >= 11 is 0. The minimum absolute atomic E-state index is 0.0360. The lowest BCUT2D eigenvalue weighted by Crippen LogP contribution is -2.30. The molecule has 15 heavy (non-hydrogen) atoms. The van der Waals surface area contributed by atoms with Crippen molar-refractivity contribution in [2.75, 3.05) is 18.0 Å². The van der Waals surface area contributed by atoms with Crippen LogP contribution in [0.5, 0.6) is 0 Å². The second kappa shape index (κ2) is 4.29. The summed E-state index contributed by atoms with van der Waals surface area (Å²) in [6.07, 6.45) is 3.76. The Labute approximate surface area is 89.6 Å². The van der Waals surface area contributed by atoms with Crippen LogP contribution in [0, 0.1) is 5.41 Å². The van der Waals surface area contributed by atoms with Gasteiger partial charge >= 0.3 is 0 Å². The van der Waals surface area contributed by atoms with Crippen molar-refractivity contribution in [3.63, 3.8) is 0 Å². The molecule has 0 aromatic carbocycles. The number of piperidine rings is 1. The summed E-state index contributed by atoms with van der Waals surface area (Å²) in [4.78, 5) is 6.63. The molecule has 1 saturated heterocycles. The van der Waals surface area contributed by atoms with Crippen molar-refractivity contribution in [2.24, 2.45) is 5.73 Å². The molecule has 1 aliphatic rings. The van der Waals surface area contributed by atoms with E-state index in [0.29, 0.717) is 5.69 Å². The molecule has 2 rings (SSSR count). The molecule has 80 valence electrons. The van der Waals surface area contributed by atoms with E-state index >= 15 is 0 Å². The number of hydrogen-bond donors (Lipinski definition) is 2. The summed E-state index contributed by atoms with van der Waals surface area (Å²) in [5.74, 6) is 0.983. The number of nitrogen functional groups attached to an aromatic ring is 1. The summed E-state index contributed by atoms with van der Waals surface area (Å²) in [6.45, 7) is 2.13. The largest absolute Gasteiger partial charge is 0.382 e. The summed E-state index contributed by atoms with van der Waals surface area (Å²) < 4.78 is 0. The van der Waals surface area contributed by atoms with E-state index in [1.807, 2.05) is 12.1 Å². The molecule has 0 aliphatic carbocycles. The van der Waals surface area contributed by atoms with Gasteiger partial charge in [-0.2, -0.15) is 0 Å². The fraction of sp³-hybridized carbons (Fsp3) is 0.455. The Balaban J connectivity index is 2.19. The molecule has 2 heterocycles. The van der Waals surface area contributed by atoms with Crippen LogP contribution in [0.4, 0.5) is 5.82 Å². The molecule has 3 N–H and O–H groups in total. The fourth-order valence-corrected chi connectivity index (χ4v) is 1.87. The average molecular weight is 204 g/mol. The molecule has 0 bridgehead atoms. The first-order valence-corrected chi connectivity index (χ1v) is 5.34. The van der Waals surface area contributed by atoms with E-state index < -0.39 is 0 Å². The Morgan fingerprint density at radius 1 is 1.27 bits per heavy atom. The highest BCUT2D eigenvalue weighted by Gasteiger charge is 2.12. The van der Waals surface area contributed by atoms with Crippen LogP contribution in [0.25, 0.3) is 0 Å². The highest BCUT2D eigenvalue weighted by atomic mass is 15.2. The maximum atomic E-state index is 7.34. The first-order chi connectivity index (χ1) is 7.27. The van der Waals surface area contributed by atoms with Crippen molar-refractivity contribution in [2.45, 2.75) is 19.3 Å². The predicted molar refractivity (Wildman–Crippen MR) is 61.3 cm³/mol. The van der Waals surface area contributed by atoms with E-state index in [1.54, 1.807) is 6.07 Å². The van der Waals surface area contributed by atoms with Gasteiger partial charge in [0, 0.05) is 13.1 Å². The molecule has 1 aromatic rings. The lowest BCUT2D eigenvalue weighted by atomic mass is 10.1. The molecule has 0 unspecified atom stereocenters. The van der Waals surface area contributed by atoms with Crippen LogP contribution >= 0.6 is 0 Å². The van der Waals surface area contributed by atoms with E-state index in [9.17, 15) is 0 Å². The maximum Gasteiger partial charge on any atom is 0.141 e. The smallest absolute Gasteiger partial charge is 0.141 e. The molecular formula is C11H16N4. The van der Waals surface area contributed by atoms with Gasteiger partial charge in [0.05, 0.1) is 0 Å². The van der Waals surface area contributed by atoms with E-state index in [0.717, 1.165) is 18.9 Å². The molecule has 1 aromatic heterocycles. The fourth-order valence-electron chi connectivity index (χ4n) is 1.87. The van der Waals surface area contributed by atoms with Crippen LogP contribution < -0.4 is 10.6 Å². The monoisotopic (exact) mass is 204 g/mol. The number of amidine groups is 1. The first-order valence-electron chi connectivity index (χ1n) is 5.34. The van der Waals surface area contributed by atoms with Gasteiger partial charge in [0.2, 0.25) is 0 Å². The van der Waals surface area contributed by atoms with Crippen LogP contribution in [-0.2, 0) is 0 Å². The Morgan fingerprint density at radius 2 is 2.00 bits per heavy atom. The van der Waals surface area contributed by atoms with E-state index in [2.05, 4.69) is 9.88 Å². The van der Waals surface area contributed by atoms with Crippen molar-refractivity contribution in [3.8, 4) is 0 Å². The minimum Gasteiger partial charge on any atom is -0.382 e. The van der Waals surface area contributed by atoms with Gasteiger partial charge in [-0.15, -0.1) is 0 Å². The van der Waals surface area contributed by atoms with Gasteiger partial charge in [-0.3, -0.25) is 5.41 Å². The number of nitrogens with two attached hydrogens (primary N) is 1. The Bertz CT molecular complexity index is 355. The van der Waals surface area contributed by atoms with Gasteiger partial charge in [-0.05, 0) is 31.4 Å². The Morgan fingerprint density at radius 3 is 2.67 bits per heavy atom. The van der Waals surface area contributed by atoms with E-state index in [4.69, 9.17) is 11.1 Å². The average Bonchev–Trinajstić information content (AvgIpc) is 2.30. The second-order valence-electron chi connectivity index (χ2n) is 3.84. The molecule has 0 saturated carbocycles. The van der Waals surface area contributed by atoms with Crippen LogP contribution in [-0.4, -0.2) is 23.9 Å². The number of nitrogens with zero attached hydrogens (tertiary/aromatic N) is 2. The summed E-state index contributed by atoms with van der Waals surface area (Å²) in [5.41, 5.74) is 5.98. The van der Waals surface area contributed by atoms with Crippen molar-refractivity contribution in [1.82, 2.24) is 4.98 Å². The lowest BCUT2D eigenvalue weighted by molar-refractivity contribution is 0.573. The van der Waals surface area contributed by atoms with E-state index in [1.165, 1.54) is 19.3 Å².